The summed E-state index contributed by atoms with van der Waals surface area (Å²) in [5.74, 6) is 3.62. The number of hydrogen-bond donors (Lipinski definition) is 1. The molecule has 2 saturated heterocycles. The molecule has 4 nitrogen and oxygen atoms in total. The molecule has 0 saturated carbocycles. The van der Waals surface area contributed by atoms with E-state index in [9.17, 15) is 0 Å². The van der Waals surface area contributed by atoms with E-state index >= 15 is 0 Å². The minimum Gasteiger partial charge on any atom is -0.338 e. The summed E-state index contributed by atoms with van der Waals surface area (Å²) in [6.07, 6.45) is 5.92. The van der Waals surface area contributed by atoms with Crippen molar-refractivity contribution in [3.63, 3.8) is 0 Å². The summed E-state index contributed by atoms with van der Waals surface area (Å²) in [5.41, 5.74) is 0. The second-order valence-electron chi connectivity index (χ2n) is 5.62. The van der Waals surface area contributed by atoms with Crippen molar-refractivity contribution in [2.45, 2.75) is 43.8 Å². The molecule has 2 unspecified atom stereocenters. The molecule has 100 valence electrons. The molecular weight excluding hydrogens is 246 g/mol. The third kappa shape index (κ3) is 2.57. The van der Waals surface area contributed by atoms with Crippen LogP contribution < -0.4 is 5.32 Å². The van der Waals surface area contributed by atoms with Gasteiger partial charge in [-0.05, 0) is 57.4 Å². The van der Waals surface area contributed by atoms with Gasteiger partial charge in [-0.15, -0.1) is 11.8 Å². The lowest BCUT2D eigenvalue weighted by Crippen LogP contribution is -2.31. The molecule has 3 rings (SSSR count). The van der Waals surface area contributed by atoms with Gasteiger partial charge in [-0.1, -0.05) is 5.16 Å². The lowest BCUT2D eigenvalue weighted by Gasteiger charge is -2.21. The van der Waals surface area contributed by atoms with Crippen LogP contribution in [0.25, 0.3) is 0 Å². The van der Waals surface area contributed by atoms with E-state index in [0.717, 1.165) is 37.6 Å². The molecule has 2 fully saturated rings. The fourth-order valence-corrected chi connectivity index (χ4v) is 4.09. The standard InChI is InChI=1S/C13H21N3OS/c1-13(5-3-7-18-13)12-15-11(16-17-12)8-10-4-2-6-14-9-10/h10,14H,2-9H2,1H3. The Bertz CT molecular complexity index is 395. The third-order valence-corrected chi connectivity index (χ3v) is 5.52. The molecule has 0 aromatic carbocycles. The van der Waals surface area contributed by atoms with Crippen LogP contribution in [0.2, 0.25) is 0 Å². The number of nitrogens with zero attached hydrogens (tertiary/aromatic N) is 2. The van der Waals surface area contributed by atoms with Crippen LogP contribution in [0.4, 0.5) is 0 Å². The molecular formula is C13H21N3OS. The van der Waals surface area contributed by atoms with E-state index in [1.807, 2.05) is 11.8 Å². The molecule has 0 aliphatic carbocycles. The molecule has 1 aromatic rings. The summed E-state index contributed by atoms with van der Waals surface area (Å²) >= 11 is 1.95. The Labute approximate surface area is 112 Å². The predicted octanol–water partition coefficient (Wildman–Crippen LogP) is 2.35. The minimum atomic E-state index is 0.0655. The Hall–Kier alpha value is -0.550. The maximum Gasteiger partial charge on any atom is 0.242 e. The first-order valence-corrected chi connectivity index (χ1v) is 7.92. The first kappa shape index (κ1) is 12.5. The van der Waals surface area contributed by atoms with Gasteiger partial charge in [0.1, 0.15) is 0 Å². The first-order valence-electron chi connectivity index (χ1n) is 6.94. The van der Waals surface area contributed by atoms with E-state index in [4.69, 9.17) is 4.52 Å². The van der Waals surface area contributed by atoms with Crippen molar-refractivity contribution in [1.29, 1.82) is 0 Å². The van der Waals surface area contributed by atoms with E-state index in [1.54, 1.807) is 0 Å². The molecule has 5 heteroatoms. The molecule has 0 radical (unpaired) electrons. The second-order valence-corrected chi connectivity index (χ2v) is 7.21. The highest BCUT2D eigenvalue weighted by molar-refractivity contribution is 8.00. The molecule has 0 amide bonds. The Morgan fingerprint density at radius 1 is 1.50 bits per heavy atom. The second kappa shape index (κ2) is 5.21. The summed E-state index contributed by atoms with van der Waals surface area (Å²) in [7, 11) is 0. The van der Waals surface area contributed by atoms with Gasteiger partial charge in [-0.25, -0.2) is 0 Å². The van der Waals surface area contributed by atoms with Gasteiger partial charge in [0.05, 0.1) is 4.75 Å². The topological polar surface area (TPSA) is 51.0 Å². The number of aromatic nitrogens is 2. The zero-order valence-corrected chi connectivity index (χ0v) is 11.8. The van der Waals surface area contributed by atoms with Gasteiger partial charge in [0.2, 0.25) is 5.89 Å². The van der Waals surface area contributed by atoms with Crippen molar-refractivity contribution in [2.75, 3.05) is 18.8 Å². The Kier molecular flexibility index (Phi) is 3.61. The van der Waals surface area contributed by atoms with Crippen LogP contribution in [0.3, 0.4) is 0 Å². The Morgan fingerprint density at radius 2 is 2.44 bits per heavy atom. The summed E-state index contributed by atoms with van der Waals surface area (Å²) in [6, 6.07) is 0. The predicted molar refractivity (Wildman–Crippen MR) is 72.6 cm³/mol. The highest BCUT2D eigenvalue weighted by atomic mass is 32.2. The zero-order chi connectivity index (χ0) is 12.4. The highest BCUT2D eigenvalue weighted by Crippen LogP contribution is 2.45. The van der Waals surface area contributed by atoms with Crippen LogP contribution in [0.15, 0.2) is 4.52 Å². The van der Waals surface area contributed by atoms with Crippen molar-refractivity contribution >= 4 is 11.8 Å². The smallest absolute Gasteiger partial charge is 0.242 e. The number of hydrogen-bond acceptors (Lipinski definition) is 5. The highest BCUT2D eigenvalue weighted by Gasteiger charge is 2.37. The number of nitrogens with one attached hydrogen (secondary N) is 1. The van der Waals surface area contributed by atoms with Crippen LogP contribution in [-0.4, -0.2) is 29.0 Å². The number of piperidine rings is 1. The average molecular weight is 267 g/mol. The lowest BCUT2D eigenvalue weighted by atomic mass is 9.96. The maximum atomic E-state index is 5.49. The van der Waals surface area contributed by atoms with Crippen molar-refractivity contribution in [2.24, 2.45) is 5.92 Å². The molecule has 3 heterocycles. The van der Waals surface area contributed by atoms with E-state index in [2.05, 4.69) is 22.4 Å². The summed E-state index contributed by atoms with van der Waals surface area (Å²) in [4.78, 5) is 4.63. The van der Waals surface area contributed by atoms with Crippen molar-refractivity contribution in [3.05, 3.63) is 11.7 Å². The van der Waals surface area contributed by atoms with Crippen molar-refractivity contribution in [3.8, 4) is 0 Å². The van der Waals surface area contributed by atoms with E-state index in [1.165, 1.54) is 25.0 Å². The molecule has 1 aromatic heterocycles. The van der Waals surface area contributed by atoms with Crippen LogP contribution in [0, 0.1) is 5.92 Å². The average Bonchev–Trinajstić information content (AvgIpc) is 3.01. The van der Waals surface area contributed by atoms with Crippen LogP contribution >= 0.6 is 11.8 Å². The molecule has 0 bridgehead atoms. The summed E-state index contributed by atoms with van der Waals surface area (Å²) in [5, 5.41) is 7.61. The zero-order valence-electron chi connectivity index (χ0n) is 10.9. The van der Waals surface area contributed by atoms with E-state index in [-0.39, 0.29) is 4.75 Å². The Morgan fingerprint density at radius 3 is 3.17 bits per heavy atom. The van der Waals surface area contributed by atoms with Gasteiger partial charge in [0.25, 0.3) is 0 Å². The molecule has 2 aliphatic rings. The van der Waals surface area contributed by atoms with Crippen LogP contribution in [0.1, 0.15) is 44.3 Å². The molecule has 18 heavy (non-hydrogen) atoms. The lowest BCUT2D eigenvalue weighted by molar-refractivity contribution is 0.331. The van der Waals surface area contributed by atoms with Crippen molar-refractivity contribution in [1.82, 2.24) is 15.5 Å². The monoisotopic (exact) mass is 267 g/mol. The molecule has 1 N–H and O–H groups in total. The SMILES string of the molecule is CC1(c2nc(CC3CCCNC3)no2)CCCS1. The van der Waals surface area contributed by atoms with Gasteiger partial charge < -0.3 is 9.84 Å². The van der Waals surface area contributed by atoms with Gasteiger partial charge >= 0.3 is 0 Å². The van der Waals surface area contributed by atoms with Gasteiger partial charge in [-0.3, -0.25) is 0 Å². The van der Waals surface area contributed by atoms with Crippen molar-refractivity contribution < 1.29 is 4.52 Å². The van der Waals surface area contributed by atoms with Crippen LogP contribution in [-0.2, 0) is 11.2 Å². The van der Waals surface area contributed by atoms with Gasteiger partial charge in [0.15, 0.2) is 5.82 Å². The maximum absolute atomic E-state index is 5.49. The third-order valence-electron chi connectivity index (χ3n) is 4.01. The molecule has 0 spiro atoms. The number of rotatable bonds is 3. The van der Waals surface area contributed by atoms with Gasteiger partial charge in [0, 0.05) is 6.42 Å². The molecule has 2 aliphatic heterocycles. The minimum absolute atomic E-state index is 0.0655. The number of thioether (sulfide) groups is 1. The van der Waals surface area contributed by atoms with Crippen LogP contribution in [0.5, 0.6) is 0 Å². The Balaban J connectivity index is 1.65. The quantitative estimate of drug-likeness (QED) is 0.911. The van der Waals surface area contributed by atoms with Gasteiger partial charge in [-0.2, -0.15) is 4.98 Å². The summed E-state index contributed by atoms with van der Waals surface area (Å²) < 4.78 is 5.56. The largest absolute Gasteiger partial charge is 0.338 e. The van der Waals surface area contributed by atoms with E-state index in [0.29, 0.717) is 5.92 Å². The summed E-state index contributed by atoms with van der Waals surface area (Å²) in [6.45, 7) is 4.47. The normalized spacial score (nSPS) is 32.8. The fraction of sp³-hybridized carbons (Fsp3) is 0.846. The van der Waals surface area contributed by atoms with E-state index < -0.39 is 0 Å². The first-order chi connectivity index (χ1) is 8.76. The molecule has 2 atom stereocenters. The fourth-order valence-electron chi connectivity index (χ4n) is 2.86.